The van der Waals surface area contributed by atoms with Gasteiger partial charge in [0.25, 0.3) is 11.6 Å². The number of sulfonamides is 1. The summed E-state index contributed by atoms with van der Waals surface area (Å²) in [6.07, 6.45) is 1.31. The van der Waals surface area contributed by atoms with Crippen molar-refractivity contribution in [1.82, 2.24) is 9.73 Å². The molecule has 0 aliphatic rings. The number of rotatable bonds is 9. The van der Waals surface area contributed by atoms with E-state index in [1.54, 1.807) is 50.2 Å². The summed E-state index contributed by atoms with van der Waals surface area (Å²) >= 11 is 5.96. The van der Waals surface area contributed by atoms with E-state index in [0.717, 1.165) is 9.87 Å². The highest BCUT2D eigenvalue weighted by Crippen LogP contribution is 2.26. The Morgan fingerprint density at radius 3 is 2.19 bits per heavy atom. The topological polar surface area (TPSA) is 122 Å². The van der Waals surface area contributed by atoms with Crippen LogP contribution in [0, 0.1) is 30.9 Å². The molecule has 1 N–H and O–H groups in total. The van der Waals surface area contributed by atoms with Crippen molar-refractivity contribution in [2.75, 3.05) is 6.54 Å². The second-order valence-corrected chi connectivity index (χ2v) is 10.6. The van der Waals surface area contributed by atoms with E-state index in [2.05, 4.69) is 10.5 Å². The van der Waals surface area contributed by atoms with Crippen LogP contribution < -0.4 is 5.43 Å². The summed E-state index contributed by atoms with van der Waals surface area (Å²) in [5.41, 5.74) is 5.55. The van der Waals surface area contributed by atoms with Gasteiger partial charge in [0.2, 0.25) is 10.0 Å². The van der Waals surface area contributed by atoms with Crippen molar-refractivity contribution in [1.29, 1.82) is 0 Å². The number of nitrogens with one attached hydrogen (secondary N) is 1. The lowest BCUT2D eigenvalue weighted by Crippen LogP contribution is -2.39. The third kappa shape index (κ3) is 6.75. The summed E-state index contributed by atoms with van der Waals surface area (Å²) in [5.74, 6) is -0.645. The highest BCUT2D eigenvalue weighted by Gasteiger charge is 2.30. The van der Waals surface area contributed by atoms with Crippen molar-refractivity contribution in [2.45, 2.75) is 32.2 Å². The van der Waals surface area contributed by atoms with Crippen molar-refractivity contribution < 1.29 is 18.1 Å². The summed E-state index contributed by atoms with van der Waals surface area (Å²) < 4.78 is 28.5. The van der Waals surface area contributed by atoms with Gasteiger partial charge in [0.1, 0.15) is 0 Å². The van der Waals surface area contributed by atoms with Crippen LogP contribution in [0.3, 0.4) is 0 Å². The number of carbonyl (C=O) groups is 1. The number of nitro groups is 1. The van der Waals surface area contributed by atoms with Gasteiger partial charge in [-0.1, -0.05) is 41.4 Å². The number of nitrogens with zero attached hydrogens (tertiary/aromatic N) is 3. The number of hydrogen-bond acceptors (Lipinski definition) is 6. The van der Waals surface area contributed by atoms with Crippen LogP contribution in [-0.2, 0) is 21.4 Å². The van der Waals surface area contributed by atoms with Crippen LogP contribution in [0.4, 0.5) is 5.69 Å². The maximum absolute atomic E-state index is 13.7. The molecule has 9 nitrogen and oxygen atoms in total. The van der Waals surface area contributed by atoms with Crippen LogP contribution in [-0.4, -0.2) is 36.3 Å². The van der Waals surface area contributed by atoms with Crippen LogP contribution in [0.15, 0.2) is 70.7 Å². The predicted molar refractivity (Wildman–Crippen MR) is 139 cm³/mol. The maximum atomic E-state index is 13.7. The number of halogens is 1. The fourth-order valence-corrected chi connectivity index (χ4v) is 5.70. The Morgan fingerprint density at radius 2 is 1.64 bits per heavy atom. The Kier molecular flexibility index (Phi) is 8.57. The summed E-state index contributed by atoms with van der Waals surface area (Å²) in [6, 6.07) is 15.9. The minimum atomic E-state index is -4.05. The van der Waals surface area contributed by atoms with E-state index in [4.69, 9.17) is 11.6 Å². The van der Waals surface area contributed by atoms with Gasteiger partial charge in [0.15, 0.2) is 0 Å². The first-order chi connectivity index (χ1) is 17.0. The molecule has 0 fully saturated rings. The molecule has 0 aliphatic heterocycles. The predicted octanol–water partition coefficient (Wildman–Crippen LogP) is 4.51. The van der Waals surface area contributed by atoms with Crippen molar-refractivity contribution in [3.8, 4) is 0 Å². The fourth-order valence-electron chi connectivity index (χ4n) is 3.78. The lowest BCUT2D eigenvalue weighted by Gasteiger charge is -2.24. The normalized spacial score (nSPS) is 11.7. The first kappa shape index (κ1) is 27.0. The number of hydrogen-bond donors (Lipinski definition) is 1. The van der Waals surface area contributed by atoms with Gasteiger partial charge in [0, 0.05) is 23.7 Å². The Balaban J connectivity index is 1.84. The van der Waals surface area contributed by atoms with Crippen LogP contribution in [0.25, 0.3) is 0 Å². The lowest BCUT2D eigenvalue weighted by molar-refractivity contribution is -0.384. The quantitative estimate of drug-likeness (QED) is 0.248. The molecule has 36 heavy (non-hydrogen) atoms. The summed E-state index contributed by atoms with van der Waals surface area (Å²) in [6.45, 7) is 4.81. The Bertz CT molecular complexity index is 1380. The maximum Gasteiger partial charge on any atom is 0.269 e. The molecule has 0 aromatic heterocycles. The SMILES string of the molecule is Cc1cc(C)c(S(=O)(=O)N(CC(=O)N/N=C/c2ccc([N+](=O)[O-])cc2)Cc2ccc(Cl)cc2)c(C)c1. The molecule has 0 aliphatic carbocycles. The van der Waals surface area contributed by atoms with E-state index in [9.17, 15) is 23.3 Å². The average Bonchev–Trinajstić information content (AvgIpc) is 2.79. The average molecular weight is 529 g/mol. The molecular formula is C25H25ClN4O5S. The van der Waals surface area contributed by atoms with Gasteiger partial charge in [-0.15, -0.1) is 0 Å². The number of hydrazone groups is 1. The number of nitro benzene ring substituents is 1. The largest absolute Gasteiger partial charge is 0.272 e. The number of benzene rings is 3. The molecule has 0 bridgehead atoms. The highest BCUT2D eigenvalue weighted by molar-refractivity contribution is 7.89. The monoisotopic (exact) mass is 528 g/mol. The van der Waals surface area contributed by atoms with Crippen molar-refractivity contribution in [3.05, 3.63) is 104 Å². The molecule has 0 radical (unpaired) electrons. The number of non-ortho nitro benzene ring substituents is 1. The minimum Gasteiger partial charge on any atom is -0.272 e. The van der Waals surface area contributed by atoms with E-state index < -0.39 is 27.4 Å². The zero-order chi connectivity index (χ0) is 26.5. The number of amides is 1. The molecule has 3 aromatic carbocycles. The molecule has 0 spiro atoms. The summed E-state index contributed by atoms with van der Waals surface area (Å²) in [4.78, 5) is 23.1. The molecule has 11 heteroatoms. The Hall–Kier alpha value is -3.60. The highest BCUT2D eigenvalue weighted by atomic mass is 35.5. The van der Waals surface area contributed by atoms with Gasteiger partial charge in [-0.3, -0.25) is 14.9 Å². The smallest absolute Gasteiger partial charge is 0.269 e. The first-order valence-electron chi connectivity index (χ1n) is 10.9. The lowest BCUT2D eigenvalue weighted by atomic mass is 10.1. The molecule has 188 valence electrons. The van der Waals surface area contributed by atoms with Gasteiger partial charge in [-0.25, -0.2) is 13.8 Å². The Labute approximate surface area is 214 Å². The second kappa shape index (κ2) is 11.4. The van der Waals surface area contributed by atoms with Gasteiger partial charge in [-0.05, 0) is 67.3 Å². The fraction of sp³-hybridized carbons (Fsp3) is 0.200. The molecular weight excluding hydrogens is 504 g/mol. The van der Waals surface area contributed by atoms with Gasteiger partial charge >= 0.3 is 0 Å². The number of carbonyl (C=O) groups excluding carboxylic acids is 1. The molecule has 0 atom stereocenters. The van der Waals surface area contributed by atoms with Crippen molar-refractivity contribution >= 4 is 39.4 Å². The molecule has 0 heterocycles. The third-order valence-electron chi connectivity index (χ3n) is 5.30. The van der Waals surface area contributed by atoms with Crippen LogP contribution in [0.5, 0.6) is 0 Å². The molecule has 0 unspecified atom stereocenters. The third-order valence-corrected chi connectivity index (χ3v) is 7.65. The van der Waals surface area contributed by atoms with E-state index in [1.807, 2.05) is 6.92 Å². The standard InChI is InChI=1S/C25H25ClN4O5S/c1-17-12-18(2)25(19(3)13-17)36(34,35)29(15-21-4-8-22(26)9-5-21)16-24(31)28-27-14-20-6-10-23(11-7-20)30(32)33/h4-14H,15-16H2,1-3H3,(H,28,31)/b27-14+. The minimum absolute atomic E-state index is 0.0499. The van der Waals surface area contributed by atoms with Crippen LogP contribution in [0.2, 0.25) is 5.02 Å². The zero-order valence-corrected chi connectivity index (χ0v) is 21.5. The van der Waals surface area contributed by atoms with Crippen molar-refractivity contribution in [3.63, 3.8) is 0 Å². The molecule has 0 saturated heterocycles. The molecule has 3 rings (SSSR count). The second-order valence-electron chi connectivity index (χ2n) is 8.27. The Morgan fingerprint density at radius 1 is 1.06 bits per heavy atom. The van der Waals surface area contributed by atoms with E-state index >= 15 is 0 Å². The van der Waals surface area contributed by atoms with E-state index in [1.165, 1.54) is 30.5 Å². The van der Waals surface area contributed by atoms with Crippen molar-refractivity contribution in [2.24, 2.45) is 5.10 Å². The van der Waals surface area contributed by atoms with Crippen LogP contribution >= 0.6 is 11.6 Å². The van der Waals surface area contributed by atoms with Gasteiger partial charge in [-0.2, -0.15) is 9.41 Å². The first-order valence-corrected chi connectivity index (χ1v) is 12.7. The number of aryl methyl sites for hydroxylation is 3. The molecule has 3 aromatic rings. The molecule has 1 amide bonds. The van der Waals surface area contributed by atoms with E-state index in [0.29, 0.717) is 27.3 Å². The zero-order valence-electron chi connectivity index (χ0n) is 19.9. The van der Waals surface area contributed by atoms with Crippen LogP contribution in [0.1, 0.15) is 27.8 Å². The van der Waals surface area contributed by atoms with E-state index in [-0.39, 0.29) is 17.1 Å². The summed E-state index contributed by atoms with van der Waals surface area (Å²) in [5, 5.41) is 15.1. The van der Waals surface area contributed by atoms with Gasteiger partial charge < -0.3 is 0 Å². The van der Waals surface area contributed by atoms with Gasteiger partial charge in [0.05, 0.1) is 22.6 Å². The summed E-state index contributed by atoms with van der Waals surface area (Å²) in [7, 11) is -4.05. The molecule has 0 saturated carbocycles.